The van der Waals surface area contributed by atoms with Crippen molar-refractivity contribution in [1.82, 2.24) is 4.98 Å². The molecule has 0 aliphatic heterocycles. The Balaban J connectivity index is 0.000000182. The second kappa shape index (κ2) is 14.2. The van der Waals surface area contributed by atoms with Crippen LogP contribution in [-0.4, -0.2) is 4.98 Å². The van der Waals surface area contributed by atoms with Gasteiger partial charge in [-0.2, -0.15) is 42.5 Å². The van der Waals surface area contributed by atoms with Gasteiger partial charge in [-0.25, -0.2) is 11.1 Å². The fourth-order valence-electron chi connectivity index (χ4n) is 4.22. The molecule has 1 nitrogen and oxygen atoms in total. The minimum absolute atomic E-state index is 0. The van der Waals surface area contributed by atoms with Gasteiger partial charge >= 0.3 is 20.1 Å². The summed E-state index contributed by atoms with van der Waals surface area (Å²) >= 11 is 0. The SMILES string of the molecule is [2H]C(C)(c1ccccc1)c1cc[c-]c(-c2[c-]cccc2)c1.[Ir+3].[c-]1ccc(-c2ccccc2)cc1-c1ccccn1. The van der Waals surface area contributed by atoms with E-state index in [-0.39, 0.29) is 20.1 Å². The van der Waals surface area contributed by atoms with Gasteiger partial charge in [0.15, 0.2) is 0 Å². The Morgan fingerprint density at radius 3 is 1.95 bits per heavy atom. The molecule has 1 atom stereocenters. The van der Waals surface area contributed by atoms with Gasteiger partial charge in [-0.15, -0.1) is 53.1 Å². The van der Waals surface area contributed by atoms with E-state index in [1.54, 1.807) is 6.20 Å². The minimum atomic E-state index is -0.778. The molecule has 6 rings (SSSR count). The molecular weight excluding hydrogens is 651 g/mol. The summed E-state index contributed by atoms with van der Waals surface area (Å²) in [5.74, 6) is -0.778. The number of rotatable bonds is 5. The molecule has 0 fully saturated rings. The average molecular weight is 680 g/mol. The molecule has 1 aromatic heterocycles. The van der Waals surface area contributed by atoms with E-state index in [0.29, 0.717) is 0 Å². The van der Waals surface area contributed by atoms with Gasteiger partial charge in [-0.3, -0.25) is 0 Å². The number of aromatic nitrogens is 1. The molecule has 0 aliphatic carbocycles. The average Bonchev–Trinajstić information content (AvgIpc) is 3.03. The number of pyridine rings is 1. The third-order valence-corrected chi connectivity index (χ3v) is 6.29. The van der Waals surface area contributed by atoms with Crippen molar-refractivity contribution in [2.24, 2.45) is 0 Å². The van der Waals surface area contributed by atoms with Gasteiger partial charge in [0, 0.05) is 7.57 Å². The Labute approximate surface area is 247 Å². The van der Waals surface area contributed by atoms with E-state index < -0.39 is 5.89 Å². The Kier molecular flexibility index (Phi) is 9.62. The summed E-state index contributed by atoms with van der Waals surface area (Å²) in [6.45, 7) is 1.93. The Bertz CT molecular complexity index is 1550. The van der Waals surface area contributed by atoms with Gasteiger partial charge in [-0.1, -0.05) is 79.7 Å². The monoisotopic (exact) mass is 680 g/mol. The van der Waals surface area contributed by atoms with Crippen LogP contribution in [0.25, 0.3) is 33.5 Å². The summed E-state index contributed by atoms with van der Waals surface area (Å²) < 4.78 is 8.74. The van der Waals surface area contributed by atoms with Gasteiger partial charge in [0.25, 0.3) is 0 Å². The van der Waals surface area contributed by atoms with Crippen LogP contribution in [0.3, 0.4) is 0 Å². The summed E-state index contributed by atoms with van der Waals surface area (Å²) in [4.78, 5) is 4.35. The zero-order valence-corrected chi connectivity index (χ0v) is 24.0. The molecule has 0 spiro atoms. The van der Waals surface area contributed by atoms with Crippen molar-refractivity contribution in [3.8, 4) is 33.5 Å². The van der Waals surface area contributed by atoms with Crippen molar-refractivity contribution in [2.75, 3.05) is 0 Å². The number of nitrogens with zero attached hydrogens (tertiary/aromatic N) is 1. The number of benzene rings is 5. The number of hydrogen-bond acceptors (Lipinski definition) is 1. The molecule has 0 radical (unpaired) electrons. The molecule has 0 N–H and O–H groups in total. The maximum atomic E-state index is 8.74. The molecule has 0 saturated carbocycles. The molecule has 39 heavy (non-hydrogen) atoms. The van der Waals surface area contributed by atoms with Gasteiger partial charge in [0.05, 0.1) is 0 Å². The summed E-state index contributed by atoms with van der Waals surface area (Å²) in [6.07, 6.45) is 1.80. The van der Waals surface area contributed by atoms with E-state index in [0.717, 1.165) is 33.5 Å². The van der Waals surface area contributed by atoms with E-state index >= 15 is 0 Å². The first kappa shape index (κ1) is 26.5. The van der Waals surface area contributed by atoms with Gasteiger partial charge < -0.3 is 4.98 Å². The molecule has 0 amide bonds. The molecule has 5 aromatic carbocycles. The first-order valence-corrected chi connectivity index (χ1v) is 12.6. The second-order valence-corrected chi connectivity index (χ2v) is 8.83. The normalized spacial score (nSPS) is 12.1. The topological polar surface area (TPSA) is 12.9 Å². The third kappa shape index (κ3) is 7.48. The van der Waals surface area contributed by atoms with Crippen molar-refractivity contribution in [2.45, 2.75) is 12.8 Å². The first-order valence-electron chi connectivity index (χ1n) is 13.1. The Morgan fingerprint density at radius 2 is 1.23 bits per heavy atom. The standard InChI is InChI=1S/C20H16.C17H12N.Ir/c1-16(17-9-4-2-5-10-17)19-13-8-14-20(15-19)18-11-6-3-7-12-18;1-2-7-14(8-3-1)15-9-6-10-16(13-15)17-11-4-5-12-18-17;/h2-11,13,15-16H,1H3;1-9,11-13H;/q-2;-1;+3/i16D;;. The van der Waals surface area contributed by atoms with Crippen molar-refractivity contribution in [3.05, 3.63) is 175 Å². The number of hydrogen-bond donors (Lipinski definition) is 0. The van der Waals surface area contributed by atoms with E-state index in [9.17, 15) is 0 Å². The largest absolute Gasteiger partial charge is 3.00 e. The molecule has 0 saturated heterocycles. The van der Waals surface area contributed by atoms with E-state index in [1.807, 2.05) is 122 Å². The van der Waals surface area contributed by atoms with Crippen LogP contribution in [0.4, 0.5) is 0 Å². The summed E-state index contributed by atoms with van der Waals surface area (Å²) in [5.41, 5.74) is 8.30. The van der Waals surface area contributed by atoms with Crippen LogP contribution in [-0.2, 0) is 20.1 Å². The van der Waals surface area contributed by atoms with Crippen LogP contribution in [0.5, 0.6) is 0 Å². The molecule has 1 heterocycles. The summed E-state index contributed by atoms with van der Waals surface area (Å²) in [5, 5.41) is 0. The van der Waals surface area contributed by atoms with Crippen molar-refractivity contribution >= 4 is 0 Å². The Morgan fingerprint density at radius 1 is 0.564 bits per heavy atom. The molecular formula is C37H28IrN. The summed E-state index contributed by atoms with van der Waals surface area (Å²) in [7, 11) is 0. The van der Waals surface area contributed by atoms with Crippen LogP contribution in [0, 0.1) is 18.2 Å². The molecule has 0 bridgehead atoms. The second-order valence-electron chi connectivity index (χ2n) is 8.83. The van der Waals surface area contributed by atoms with Crippen LogP contribution >= 0.6 is 0 Å². The first-order chi connectivity index (χ1) is 19.1. The van der Waals surface area contributed by atoms with Crippen LogP contribution in [0.1, 0.15) is 25.3 Å². The maximum absolute atomic E-state index is 8.74. The fourth-order valence-corrected chi connectivity index (χ4v) is 4.22. The van der Waals surface area contributed by atoms with Crippen molar-refractivity contribution < 1.29 is 21.5 Å². The van der Waals surface area contributed by atoms with Gasteiger partial charge in [0.1, 0.15) is 0 Å². The quantitative estimate of drug-likeness (QED) is 0.166. The van der Waals surface area contributed by atoms with Crippen LogP contribution in [0.15, 0.2) is 146 Å². The molecule has 1 unspecified atom stereocenters. The van der Waals surface area contributed by atoms with Crippen LogP contribution < -0.4 is 0 Å². The molecule has 190 valence electrons. The molecule has 0 aliphatic rings. The van der Waals surface area contributed by atoms with Gasteiger partial charge in [-0.05, 0) is 28.8 Å². The van der Waals surface area contributed by atoms with Crippen molar-refractivity contribution in [3.63, 3.8) is 0 Å². The van der Waals surface area contributed by atoms with Gasteiger partial charge in [0.2, 0.25) is 0 Å². The third-order valence-electron chi connectivity index (χ3n) is 6.29. The predicted molar refractivity (Wildman–Crippen MR) is 157 cm³/mol. The Hall–Kier alpha value is -4.10. The van der Waals surface area contributed by atoms with E-state index in [1.165, 1.54) is 11.1 Å². The zero-order chi connectivity index (χ0) is 26.9. The summed E-state index contributed by atoms with van der Waals surface area (Å²) in [6, 6.07) is 55.7. The van der Waals surface area contributed by atoms with Crippen LogP contribution in [0.2, 0.25) is 0 Å². The molecule has 6 aromatic rings. The zero-order valence-electron chi connectivity index (χ0n) is 22.6. The molecule has 2 heteroatoms. The van der Waals surface area contributed by atoms with Crippen molar-refractivity contribution in [1.29, 1.82) is 0 Å². The van der Waals surface area contributed by atoms with E-state index in [4.69, 9.17) is 1.37 Å². The smallest absolute Gasteiger partial charge is 0.305 e. The maximum Gasteiger partial charge on any atom is 3.00 e. The fraction of sp³-hybridized carbons (Fsp3) is 0.0541. The predicted octanol–water partition coefficient (Wildman–Crippen LogP) is 9.32. The minimum Gasteiger partial charge on any atom is -0.305 e. The van der Waals surface area contributed by atoms with E-state index in [2.05, 4.69) is 47.4 Å².